The summed E-state index contributed by atoms with van der Waals surface area (Å²) < 4.78 is 0. The largest absolute Gasteiger partial charge is 0.507 e. The van der Waals surface area contributed by atoms with Gasteiger partial charge in [0.25, 0.3) is 0 Å². The molecule has 0 heterocycles. The summed E-state index contributed by atoms with van der Waals surface area (Å²) in [5, 5.41) is 9.74. The molecule has 0 aliphatic rings. The monoisotopic (exact) mass is 244 g/mol. The Balaban J connectivity index is 2.94. The highest BCUT2D eigenvalue weighted by atomic mass is 16.3. The van der Waals surface area contributed by atoms with Gasteiger partial charge in [-0.25, -0.2) is 0 Å². The molecular formula is C15H16O3. The van der Waals surface area contributed by atoms with Crippen molar-refractivity contribution in [2.24, 2.45) is 5.41 Å². The summed E-state index contributed by atoms with van der Waals surface area (Å²) in [6.07, 6.45) is 2.36. The van der Waals surface area contributed by atoms with E-state index in [9.17, 15) is 14.7 Å². The molecule has 0 atom stereocenters. The fourth-order valence-electron chi connectivity index (χ4n) is 1.29. The van der Waals surface area contributed by atoms with Crippen LogP contribution in [0.25, 0.3) is 5.76 Å². The van der Waals surface area contributed by atoms with E-state index >= 15 is 0 Å². The first-order valence-electron chi connectivity index (χ1n) is 5.57. The van der Waals surface area contributed by atoms with Crippen molar-refractivity contribution < 1.29 is 14.7 Å². The second kappa shape index (κ2) is 5.45. The van der Waals surface area contributed by atoms with Crippen molar-refractivity contribution in [1.29, 1.82) is 0 Å². The summed E-state index contributed by atoms with van der Waals surface area (Å²) in [5.74, 6) is -1.55. The molecule has 94 valence electrons. The highest BCUT2D eigenvalue weighted by Crippen LogP contribution is 2.19. The van der Waals surface area contributed by atoms with E-state index in [1.54, 1.807) is 44.2 Å². The molecule has 0 unspecified atom stereocenters. The van der Waals surface area contributed by atoms with Gasteiger partial charge in [0.2, 0.25) is 11.6 Å². The number of hydrogen-bond acceptors (Lipinski definition) is 3. The van der Waals surface area contributed by atoms with Crippen molar-refractivity contribution in [3.05, 3.63) is 54.6 Å². The molecule has 1 aromatic rings. The third-order valence-corrected chi connectivity index (χ3v) is 2.66. The van der Waals surface area contributed by atoms with Crippen LogP contribution >= 0.6 is 0 Å². The zero-order chi connectivity index (χ0) is 13.8. The predicted molar refractivity (Wildman–Crippen MR) is 71.0 cm³/mol. The first kappa shape index (κ1) is 13.9. The van der Waals surface area contributed by atoms with E-state index in [1.165, 1.54) is 6.08 Å². The van der Waals surface area contributed by atoms with E-state index in [0.29, 0.717) is 5.56 Å². The zero-order valence-corrected chi connectivity index (χ0v) is 10.5. The highest BCUT2D eigenvalue weighted by molar-refractivity contribution is 6.44. The average molecular weight is 244 g/mol. The Morgan fingerprint density at radius 1 is 1.22 bits per heavy atom. The van der Waals surface area contributed by atoms with Crippen LogP contribution in [-0.2, 0) is 9.59 Å². The number of rotatable bonds is 5. The maximum absolute atomic E-state index is 11.8. The molecule has 1 N–H and O–H groups in total. The predicted octanol–water partition coefficient (Wildman–Crippen LogP) is 2.94. The van der Waals surface area contributed by atoms with Gasteiger partial charge < -0.3 is 5.11 Å². The van der Waals surface area contributed by atoms with Crippen molar-refractivity contribution in [1.82, 2.24) is 0 Å². The molecule has 0 fully saturated rings. The number of aliphatic hydroxyl groups excluding tert-OH is 1. The first-order chi connectivity index (χ1) is 8.38. The molecular weight excluding hydrogens is 228 g/mol. The lowest BCUT2D eigenvalue weighted by Crippen LogP contribution is -2.28. The van der Waals surface area contributed by atoms with Crippen LogP contribution in [0.5, 0.6) is 0 Å². The number of carbonyl (C=O) groups excluding carboxylic acids is 2. The Morgan fingerprint density at radius 2 is 1.78 bits per heavy atom. The van der Waals surface area contributed by atoms with Crippen molar-refractivity contribution in [3.8, 4) is 0 Å². The maximum Gasteiger partial charge on any atom is 0.226 e. The van der Waals surface area contributed by atoms with Crippen molar-refractivity contribution in [2.45, 2.75) is 13.8 Å². The molecule has 0 spiro atoms. The summed E-state index contributed by atoms with van der Waals surface area (Å²) in [7, 11) is 0. The van der Waals surface area contributed by atoms with Crippen molar-refractivity contribution in [3.63, 3.8) is 0 Å². The molecule has 3 nitrogen and oxygen atoms in total. The smallest absolute Gasteiger partial charge is 0.226 e. The minimum atomic E-state index is -0.926. The van der Waals surface area contributed by atoms with Crippen molar-refractivity contribution in [2.75, 3.05) is 0 Å². The van der Waals surface area contributed by atoms with Crippen LogP contribution < -0.4 is 0 Å². The van der Waals surface area contributed by atoms with Crippen LogP contribution in [0.4, 0.5) is 0 Å². The number of benzene rings is 1. The zero-order valence-electron chi connectivity index (χ0n) is 10.5. The minimum Gasteiger partial charge on any atom is -0.507 e. The van der Waals surface area contributed by atoms with Gasteiger partial charge in [-0.15, -0.1) is 6.58 Å². The lowest BCUT2D eigenvalue weighted by atomic mass is 9.86. The summed E-state index contributed by atoms with van der Waals surface area (Å²) in [4.78, 5) is 23.5. The first-order valence-corrected chi connectivity index (χ1v) is 5.57. The van der Waals surface area contributed by atoms with Crippen LogP contribution in [0.1, 0.15) is 19.4 Å². The Bertz CT molecular complexity index is 496. The molecule has 0 aliphatic carbocycles. The standard InChI is InChI=1S/C15H16O3/c1-4-15(2,3)14(18)13(17)10-12(16)11-8-6-5-7-9-11/h4-10,16H,1H2,2-3H3/b12-10-. The SMILES string of the molecule is C=CC(C)(C)C(=O)C(=O)/C=C(\O)c1ccccc1. The maximum atomic E-state index is 11.8. The van der Waals surface area contributed by atoms with Crippen LogP contribution in [-0.4, -0.2) is 16.7 Å². The molecule has 0 saturated heterocycles. The normalized spacial score (nSPS) is 12.0. The van der Waals surface area contributed by atoms with Gasteiger partial charge in [-0.2, -0.15) is 0 Å². The van der Waals surface area contributed by atoms with Crippen LogP contribution in [0.3, 0.4) is 0 Å². The molecule has 1 aromatic carbocycles. The van der Waals surface area contributed by atoms with Crippen LogP contribution in [0, 0.1) is 5.41 Å². The van der Waals surface area contributed by atoms with E-state index in [4.69, 9.17) is 0 Å². The summed E-state index contributed by atoms with van der Waals surface area (Å²) in [6.45, 7) is 6.73. The van der Waals surface area contributed by atoms with Gasteiger partial charge in [0.05, 0.1) is 0 Å². The molecule has 3 heteroatoms. The quantitative estimate of drug-likeness (QED) is 0.375. The second-order valence-electron chi connectivity index (χ2n) is 4.51. The van der Waals surface area contributed by atoms with Gasteiger partial charge in [0.15, 0.2) is 0 Å². The third-order valence-electron chi connectivity index (χ3n) is 2.66. The van der Waals surface area contributed by atoms with E-state index in [2.05, 4.69) is 6.58 Å². The molecule has 0 saturated carbocycles. The molecule has 0 radical (unpaired) electrons. The Hall–Kier alpha value is -2.16. The van der Waals surface area contributed by atoms with Gasteiger partial charge in [-0.3, -0.25) is 9.59 Å². The third kappa shape index (κ3) is 3.17. The van der Waals surface area contributed by atoms with Gasteiger partial charge in [0.1, 0.15) is 5.76 Å². The lowest BCUT2D eigenvalue weighted by Gasteiger charge is -2.15. The summed E-state index contributed by atoms with van der Waals surface area (Å²) in [5.41, 5.74) is -0.431. The molecule has 0 amide bonds. The Morgan fingerprint density at radius 3 is 2.28 bits per heavy atom. The van der Waals surface area contributed by atoms with Gasteiger partial charge in [-0.1, -0.05) is 36.4 Å². The number of hydrogen-bond donors (Lipinski definition) is 1. The van der Waals surface area contributed by atoms with E-state index in [1.807, 2.05) is 0 Å². The fourth-order valence-corrected chi connectivity index (χ4v) is 1.29. The number of carbonyl (C=O) groups is 2. The van der Waals surface area contributed by atoms with Crippen molar-refractivity contribution >= 4 is 17.3 Å². The molecule has 0 bridgehead atoms. The highest BCUT2D eigenvalue weighted by Gasteiger charge is 2.28. The molecule has 18 heavy (non-hydrogen) atoms. The van der Waals surface area contributed by atoms with E-state index < -0.39 is 17.0 Å². The van der Waals surface area contributed by atoms with E-state index in [-0.39, 0.29) is 5.76 Å². The topological polar surface area (TPSA) is 54.4 Å². The molecule has 0 aromatic heterocycles. The minimum absolute atomic E-state index is 0.214. The summed E-state index contributed by atoms with van der Waals surface area (Å²) in [6, 6.07) is 8.58. The lowest BCUT2D eigenvalue weighted by molar-refractivity contribution is -0.137. The van der Waals surface area contributed by atoms with Crippen LogP contribution in [0.15, 0.2) is 49.1 Å². The second-order valence-corrected chi connectivity index (χ2v) is 4.51. The number of allylic oxidation sites excluding steroid dienone is 2. The fraction of sp³-hybridized carbons (Fsp3) is 0.200. The number of Topliss-reactive ketones (excluding diaryl/α,β-unsaturated/α-hetero) is 1. The molecule has 1 rings (SSSR count). The van der Waals surface area contributed by atoms with E-state index in [0.717, 1.165) is 6.08 Å². The average Bonchev–Trinajstić information content (AvgIpc) is 2.38. The number of ketones is 2. The Labute approximate surface area is 106 Å². The number of aliphatic hydroxyl groups is 1. The Kier molecular flexibility index (Phi) is 4.21. The molecule has 0 aliphatic heterocycles. The van der Waals surface area contributed by atoms with Gasteiger partial charge >= 0.3 is 0 Å². The van der Waals surface area contributed by atoms with Crippen LogP contribution in [0.2, 0.25) is 0 Å². The van der Waals surface area contributed by atoms with Gasteiger partial charge in [0, 0.05) is 17.1 Å². The summed E-state index contributed by atoms with van der Waals surface area (Å²) >= 11 is 0. The van der Waals surface area contributed by atoms with Gasteiger partial charge in [-0.05, 0) is 13.8 Å².